The van der Waals surface area contributed by atoms with Crippen LogP contribution in [0.2, 0.25) is 0 Å². The summed E-state index contributed by atoms with van der Waals surface area (Å²) in [5, 5.41) is 0. The topological polar surface area (TPSA) is 84.0 Å². The second-order valence-corrected chi connectivity index (χ2v) is 7.88. The van der Waals surface area contributed by atoms with Crippen LogP contribution >= 0.6 is 0 Å². The Kier molecular flexibility index (Phi) is 4.15. The number of rotatable bonds is 4. The van der Waals surface area contributed by atoms with Gasteiger partial charge in [0.15, 0.2) is 0 Å². The van der Waals surface area contributed by atoms with Gasteiger partial charge in [-0.2, -0.15) is 34.3 Å². The quantitative estimate of drug-likeness (QED) is 0.521. The fraction of sp³-hybridized carbons (Fsp3) is 0.714. The average Bonchev–Trinajstić information content (AvgIpc) is 2.58. The maximum absolute atomic E-state index is 12.2. The molecule has 0 aromatic rings. The Balaban J connectivity index is 2.96. The summed E-state index contributed by atoms with van der Waals surface area (Å²) in [6, 6.07) is 0. The summed E-state index contributed by atoms with van der Waals surface area (Å²) in [5.41, 5.74) is -5.59. The average molecular weight is 340 g/mol. The van der Waals surface area contributed by atoms with E-state index < -0.39 is 37.2 Å². The van der Waals surface area contributed by atoms with Crippen LogP contribution in [0.1, 0.15) is 0 Å². The van der Waals surface area contributed by atoms with Crippen molar-refractivity contribution in [3.05, 3.63) is 12.4 Å². The lowest BCUT2D eigenvalue weighted by atomic mass is 10.8. The van der Waals surface area contributed by atoms with E-state index in [0.717, 1.165) is 23.8 Å². The van der Waals surface area contributed by atoms with Crippen molar-refractivity contribution in [3.8, 4) is 0 Å². The summed E-state index contributed by atoms with van der Waals surface area (Å²) >= 11 is 0. The van der Waals surface area contributed by atoms with Crippen molar-refractivity contribution in [2.24, 2.45) is 0 Å². The fourth-order valence-corrected chi connectivity index (χ4v) is 2.89. The molecule has 0 N–H and O–H groups in total. The summed E-state index contributed by atoms with van der Waals surface area (Å²) in [5.74, 6) is 0. The van der Waals surface area contributed by atoms with Gasteiger partial charge >= 0.3 is 25.8 Å². The summed E-state index contributed by atoms with van der Waals surface area (Å²) in [4.78, 5) is 0. The zero-order valence-corrected chi connectivity index (χ0v) is 12.3. The minimum Gasteiger partial charge on any atom is -0.207 e. The Morgan fingerprint density at radius 3 is 2.15 bits per heavy atom. The third-order valence-electron chi connectivity index (χ3n) is 2.28. The standard InChI is InChI=1S/C7H13F3N3O5S2/c1-11(2)20(16,17)12-4-5-13(3,6-12)18-19(14,15)7(8,9)10/h4-5H,6H2,1-3H3/q+1. The Labute approximate surface area is 114 Å². The van der Waals surface area contributed by atoms with Gasteiger partial charge in [-0.15, -0.1) is 4.65 Å². The van der Waals surface area contributed by atoms with E-state index in [1.54, 1.807) is 0 Å². The third-order valence-corrected chi connectivity index (χ3v) is 5.13. The first-order valence-electron chi connectivity index (χ1n) is 4.98. The molecule has 0 spiro atoms. The van der Waals surface area contributed by atoms with E-state index in [9.17, 15) is 30.0 Å². The van der Waals surface area contributed by atoms with Gasteiger partial charge in [-0.05, 0) is 0 Å². The molecule has 1 rings (SSSR count). The van der Waals surface area contributed by atoms with Crippen LogP contribution in [0.3, 0.4) is 0 Å². The van der Waals surface area contributed by atoms with Crippen LogP contribution < -0.4 is 0 Å². The highest BCUT2D eigenvalue weighted by molar-refractivity contribution is 7.87. The molecule has 1 atom stereocenters. The normalized spacial score (nSPS) is 24.6. The first-order chi connectivity index (χ1) is 8.71. The number of hydrogen-bond donors (Lipinski definition) is 0. The zero-order valence-electron chi connectivity index (χ0n) is 10.7. The monoisotopic (exact) mass is 340 g/mol. The molecule has 1 unspecified atom stereocenters. The van der Waals surface area contributed by atoms with Crippen LogP contribution in [0.25, 0.3) is 0 Å². The minimum absolute atomic E-state index is 0.643. The van der Waals surface area contributed by atoms with E-state index in [1.165, 1.54) is 14.1 Å². The first-order valence-corrected chi connectivity index (χ1v) is 7.78. The molecule has 0 saturated carbocycles. The lowest BCUT2D eigenvalue weighted by Gasteiger charge is -2.26. The summed E-state index contributed by atoms with van der Waals surface area (Å²) in [6.45, 7) is -0.643. The van der Waals surface area contributed by atoms with Crippen LogP contribution in [0.5, 0.6) is 0 Å². The second kappa shape index (κ2) is 4.84. The van der Waals surface area contributed by atoms with Gasteiger partial charge in [-0.1, -0.05) is 4.28 Å². The van der Waals surface area contributed by atoms with Crippen LogP contribution in [0, 0.1) is 0 Å². The van der Waals surface area contributed by atoms with E-state index in [0.29, 0.717) is 4.31 Å². The van der Waals surface area contributed by atoms with Gasteiger partial charge in [0, 0.05) is 14.1 Å². The third kappa shape index (κ3) is 3.22. The molecule has 0 aliphatic carbocycles. The van der Waals surface area contributed by atoms with Crippen LogP contribution in [0.15, 0.2) is 12.4 Å². The summed E-state index contributed by atoms with van der Waals surface area (Å²) < 4.78 is 86.4. The highest BCUT2D eigenvalue weighted by Gasteiger charge is 2.54. The smallest absolute Gasteiger partial charge is 0.207 e. The minimum atomic E-state index is -5.84. The molecule has 118 valence electrons. The fourth-order valence-electron chi connectivity index (χ4n) is 1.26. The van der Waals surface area contributed by atoms with E-state index in [-0.39, 0.29) is 0 Å². The van der Waals surface area contributed by atoms with Crippen molar-refractivity contribution in [2.75, 3.05) is 27.8 Å². The van der Waals surface area contributed by atoms with Crippen LogP contribution in [0.4, 0.5) is 13.2 Å². The van der Waals surface area contributed by atoms with Crippen molar-refractivity contribution in [3.63, 3.8) is 0 Å². The second-order valence-electron chi connectivity index (χ2n) is 4.27. The van der Waals surface area contributed by atoms with Crippen molar-refractivity contribution in [2.45, 2.75) is 5.51 Å². The highest BCUT2D eigenvalue weighted by Crippen LogP contribution is 2.30. The number of hydroxylamine groups is 3. The number of alkyl halides is 3. The van der Waals surface area contributed by atoms with E-state index >= 15 is 0 Å². The molecule has 0 radical (unpaired) electrons. The van der Waals surface area contributed by atoms with Gasteiger partial charge in [-0.3, -0.25) is 0 Å². The van der Waals surface area contributed by atoms with E-state index in [2.05, 4.69) is 4.28 Å². The molecule has 0 fully saturated rings. The number of nitrogens with zero attached hydrogens (tertiary/aromatic N) is 3. The molecule has 0 bridgehead atoms. The largest absolute Gasteiger partial charge is 0.528 e. The van der Waals surface area contributed by atoms with Gasteiger partial charge in [0.2, 0.25) is 6.67 Å². The van der Waals surface area contributed by atoms with Gasteiger partial charge < -0.3 is 0 Å². The number of halogens is 3. The lowest BCUT2D eigenvalue weighted by Crippen LogP contribution is -2.48. The summed E-state index contributed by atoms with van der Waals surface area (Å²) in [7, 11) is -6.35. The molecule has 20 heavy (non-hydrogen) atoms. The van der Waals surface area contributed by atoms with Crippen molar-refractivity contribution >= 4 is 20.3 Å². The maximum atomic E-state index is 12.2. The van der Waals surface area contributed by atoms with E-state index in [4.69, 9.17) is 0 Å². The Bertz CT molecular complexity index is 612. The van der Waals surface area contributed by atoms with Crippen molar-refractivity contribution in [1.82, 2.24) is 8.61 Å². The summed E-state index contributed by atoms with van der Waals surface area (Å²) in [6.07, 6.45) is 1.81. The predicted molar refractivity (Wildman–Crippen MR) is 60.7 cm³/mol. The van der Waals surface area contributed by atoms with Gasteiger partial charge in [0.05, 0.1) is 6.20 Å². The number of quaternary nitrogens is 1. The molecule has 1 aliphatic rings. The number of hydrogen-bond acceptors (Lipinski definition) is 5. The molecule has 0 aromatic carbocycles. The zero-order chi connectivity index (χ0) is 16.0. The van der Waals surface area contributed by atoms with Crippen molar-refractivity contribution < 1.29 is 38.9 Å². The molecule has 8 nitrogen and oxygen atoms in total. The highest BCUT2D eigenvalue weighted by atomic mass is 32.2. The SMILES string of the molecule is CN(C)S(=O)(=O)N1C=C[N+](C)(OS(=O)(=O)C(F)(F)F)C1. The molecule has 1 heterocycles. The molecule has 0 aromatic heterocycles. The van der Waals surface area contributed by atoms with Gasteiger partial charge in [-0.25, -0.2) is 4.31 Å². The molecule has 13 heteroatoms. The molecule has 1 aliphatic heterocycles. The molecule has 0 saturated heterocycles. The van der Waals surface area contributed by atoms with Crippen molar-refractivity contribution in [1.29, 1.82) is 0 Å². The van der Waals surface area contributed by atoms with Crippen LogP contribution in [-0.4, -0.2) is 63.4 Å². The Morgan fingerprint density at radius 2 is 1.75 bits per heavy atom. The Hall–Kier alpha value is -0.890. The molecule has 0 amide bonds. The Morgan fingerprint density at radius 1 is 1.25 bits per heavy atom. The van der Waals surface area contributed by atoms with E-state index in [1.807, 2.05) is 0 Å². The predicted octanol–water partition coefficient (Wildman–Crippen LogP) is -0.235. The maximum Gasteiger partial charge on any atom is 0.528 e. The van der Waals surface area contributed by atoms with Gasteiger partial charge in [0.1, 0.15) is 13.2 Å². The van der Waals surface area contributed by atoms with Crippen LogP contribution in [-0.2, 0) is 24.6 Å². The first kappa shape index (κ1) is 17.2. The molecular weight excluding hydrogens is 327 g/mol. The van der Waals surface area contributed by atoms with Gasteiger partial charge in [0.25, 0.3) is 0 Å². The molecular formula is C7H13F3N3O5S2+. The lowest BCUT2D eigenvalue weighted by molar-refractivity contribution is -1.02.